The monoisotopic (exact) mass is 310 g/mol. The number of hydrogen-bond donors (Lipinski definition) is 1. The summed E-state index contributed by atoms with van der Waals surface area (Å²) < 4.78 is 5.54. The molecule has 0 aliphatic heterocycles. The van der Waals surface area contributed by atoms with Gasteiger partial charge >= 0.3 is 0 Å². The first-order chi connectivity index (χ1) is 9.56. The van der Waals surface area contributed by atoms with E-state index in [2.05, 4.69) is 10.3 Å². The largest absolute Gasteiger partial charge is 0.479 e. The zero-order valence-electron chi connectivity index (χ0n) is 11.2. The van der Waals surface area contributed by atoms with E-state index in [0.29, 0.717) is 17.3 Å². The third-order valence-electron chi connectivity index (χ3n) is 2.62. The van der Waals surface area contributed by atoms with Crippen molar-refractivity contribution in [1.29, 1.82) is 0 Å². The van der Waals surface area contributed by atoms with E-state index in [-0.39, 0.29) is 5.91 Å². The summed E-state index contributed by atoms with van der Waals surface area (Å²) in [6.07, 6.45) is 1.16. The topological polar surface area (TPSA) is 51.2 Å². The Labute approximate surface area is 126 Å². The van der Waals surface area contributed by atoms with Gasteiger partial charge in [0, 0.05) is 11.1 Å². The molecule has 0 saturated carbocycles. The van der Waals surface area contributed by atoms with E-state index in [1.165, 1.54) is 0 Å². The summed E-state index contributed by atoms with van der Waals surface area (Å²) in [4.78, 5) is 17.1. The van der Waals surface area contributed by atoms with Gasteiger partial charge in [0.25, 0.3) is 5.91 Å². The van der Waals surface area contributed by atoms with E-state index in [0.717, 1.165) is 9.88 Å². The fraction of sp³-hybridized carbons (Fsp3) is 0.286. The Morgan fingerprint density at radius 1 is 1.50 bits per heavy atom. The Morgan fingerprint density at radius 2 is 2.25 bits per heavy atom. The smallest absolute Gasteiger partial charge is 0.261 e. The fourth-order valence-corrected chi connectivity index (χ4v) is 2.50. The van der Waals surface area contributed by atoms with E-state index in [1.807, 2.05) is 19.1 Å². The van der Waals surface area contributed by atoms with Crippen LogP contribution in [0.15, 0.2) is 30.5 Å². The van der Waals surface area contributed by atoms with Gasteiger partial charge in [-0.1, -0.05) is 23.7 Å². The molecule has 1 aromatic carbocycles. The molecule has 20 heavy (non-hydrogen) atoms. The van der Waals surface area contributed by atoms with Crippen molar-refractivity contribution >= 4 is 28.8 Å². The number of rotatable bonds is 5. The number of aryl methyl sites for hydroxylation is 1. The second kappa shape index (κ2) is 6.72. The van der Waals surface area contributed by atoms with Crippen molar-refractivity contribution in [3.05, 3.63) is 45.4 Å². The number of aromatic nitrogens is 1. The molecule has 1 aromatic heterocycles. The van der Waals surface area contributed by atoms with Gasteiger partial charge in [-0.25, -0.2) is 4.98 Å². The molecule has 1 amide bonds. The standard InChI is InChI=1S/C14H15ClN2O2S/c1-9(19-13-6-4-3-5-12(13)15)14(18)17-8-11-7-16-10(2)20-11/h3-7,9H,8H2,1-2H3,(H,17,18). The normalized spacial score (nSPS) is 11.9. The number of para-hydroxylation sites is 1. The molecule has 1 N–H and O–H groups in total. The zero-order valence-corrected chi connectivity index (χ0v) is 12.8. The number of nitrogens with one attached hydrogen (secondary N) is 1. The molecule has 1 heterocycles. The fourth-order valence-electron chi connectivity index (χ4n) is 1.59. The molecule has 6 heteroatoms. The summed E-state index contributed by atoms with van der Waals surface area (Å²) in [6.45, 7) is 4.08. The van der Waals surface area contributed by atoms with E-state index in [9.17, 15) is 4.79 Å². The maximum absolute atomic E-state index is 11.9. The molecule has 106 valence electrons. The molecule has 4 nitrogen and oxygen atoms in total. The maximum atomic E-state index is 11.9. The van der Waals surface area contributed by atoms with Crippen molar-refractivity contribution in [3.8, 4) is 5.75 Å². The van der Waals surface area contributed by atoms with Crippen LogP contribution in [0.4, 0.5) is 0 Å². The summed E-state index contributed by atoms with van der Waals surface area (Å²) in [7, 11) is 0. The second-order valence-electron chi connectivity index (χ2n) is 4.25. The lowest BCUT2D eigenvalue weighted by Gasteiger charge is -2.15. The van der Waals surface area contributed by atoms with Crippen molar-refractivity contribution in [3.63, 3.8) is 0 Å². The minimum absolute atomic E-state index is 0.184. The Balaban J connectivity index is 1.87. The minimum Gasteiger partial charge on any atom is -0.479 e. The Kier molecular flexibility index (Phi) is 4.98. The van der Waals surface area contributed by atoms with Crippen LogP contribution >= 0.6 is 22.9 Å². The molecule has 0 saturated heterocycles. The van der Waals surface area contributed by atoms with Gasteiger partial charge in [0.15, 0.2) is 6.10 Å². The molecule has 0 spiro atoms. The lowest BCUT2D eigenvalue weighted by molar-refractivity contribution is -0.127. The molecule has 0 fully saturated rings. The molecule has 2 aromatic rings. The molecule has 1 atom stereocenters. The van der Waals surface area contributed by atoms with Gasteiger partial charge in [0.1, 0.15) is 5.75 Å². The van der Waals surface area contributed by atoms with E-state index >= 15 is 0 Å². The van der Waals surface area contributed by atoms with Crippen molar-refractivity contribution in [1.82, 2.24) is 10.3 Å². The molecule has 0 radical (unpaired) electrons. The molecule has 1 unspecified atom stereocenters. The highest BCUT2D eigenvalue weighted by molar-refractivity contribution is 7.11. The number of benzene rings is 1. The van der Waals surface area contributed by atoms with Crippen molar-refractivity contribution < 1.29 is 9.53 Å². The number of nitrogens with zero attached hydrogens (tertiary/aromatic N) is 1. The predicted octanol–water partition coefficient (Wildman–Crippen LogP) is 3.19. The van der Waals surface area contributed by atoms with Crippen LogP contribution in [0.1, 0.15) is 16.8 Å². The average Bonchev–Trinajstić information content (AvgIpc) is 2.84. The summed E-state index contributed by atoms with van der Waals surface area (Å²) in [6, 6.07) is 7.08. The van der Waals surface area contributed by atoms with Crippen molar-refractivity contribution in [2.24, 2.45) is 0 Å². The number of carbonyl (C=O) groups excluding carboxylic acids is 1. The van der Waals surface area contributed by atoms with E-state index in [1.54, 1.807) is 36.6 Å². The van der Waals surface area contributed by atoms with Crippen molar-refractivity contribution in [2.45, 2.75) is 26.5 Å². The first kappa shape index (κ1) is 14.8. The Bertz CT molecular complexity index is 600. The second-order valence-corrected chi connectivity index (χ2v) is 5.98. The average molecular weight is 311 g/mol. The third kappa shape index (κ3) is 3.95. The molecular formula is C14H15ClN2O2S. The van der Waals surface area contributed by atoms with Crippen LogP contribution in [0, 0.1) is 6.92 Å². The van der Waals surface area contributed by atoms with Crippen molar-refractivity contribution in [2.75, 3.05) is 0 Å². The lowest BCUT2D eigenvalue weighted by Crippen LogP contribution is -2.35. The third-order valence-corrected chi connectivity index (χ3v) is 3.84. The SMILES string of the molecule is Cc1ncc(CNC(=O)C(C)Oc2ccccc2Cl)s1. The highest BCUT2D eigenvalue weighted by atomic mass is 35.5. The number of hydrogen-bond acceptors (Lipinski definition) is 4. The van der Waals surface area contributed by atoms with Crippen LogP contribution < -0.4 is 10.1 Å². The van der Waals surface area contributed by atoms with Gasteiger partial charge in [0.2, 0.25) is 0 Å². The van der Waals surface area contributed by atoms with Crippen LogP contribution in [0.25, 0.3) is 0 Å². The van der Waals surface area contributed by atoms with Crippen LogP contribution in [0.5, 0.6) is 5.75 Å². The number of thiazole rings is 1. The highest BCUT2D eigenvalue weighted by Crippen LogP contribution is 2.24. The molecular weight excluding hydrogens is 296 g/mol. The lowest BCUT2D eigenvalue weighted by atomic mass is 10.3. The minimum atomic E-state index is -0.607. The van der Waals surface area contributed by atoms with Gasteiger partial charge in [-0.3, -0.25) is 4.79 Å². The quantitative estimate of drug-likeness (QED) is 0.922. The van der Waals surface area contributed by atoms with Crippen LogP contribution in [0.2, 0.25) is 5.02 Å². The van der Waals surface area contributed by atoms with Crippen LogP contribution in [-0.2, 0) is 11.3 Å². The Morgan fingerprint density at radius 3 is 2.90 bits per heavy atom. The molecule has 0 aliphatic carbocycles. The predicted molar refractivity (Wildman–Crippen MR) is 80.2 cm³/mol. The molecule has 2 rings (SSSR count). The first-order valence-electron chi connectivity index (χ1n) is 6.16. The Hall–Kier alpha value is -1.59. The van der Waals surface area contributed by atoms with Gasteiger partial charge in [0.05, 0.1) is 16.6 Å². The maximum Gasteiger partial charge on any atom is 0.261 e. The van der Waals surface area contributed by atoms with Gasteiger partial charge in [-0.2, -0.15) is 0 Å². The number of halogens is 1. The van der Waals surface area contributed by atoms with E-state index in [4.69, 9.17) is 16.3 Å². The summed E-state index contributed by atoms with van der Waals surface area (Å²) >= 11 is 7.55. The van der Waals surface area contributed by atoms with Crippen LogP contribution in [-0.4, -0.2) is 17.0 Å². The highest BCUT2D eigenvalue weighted by Gasteiger charge is 2.15. The van der Waals surface area contributed by atoms with Gasteiger partial charge in [-0.05, 0) is 26.0 Å². The first-order valence-corrected chi connectivity index (χ1v) is 7.36. The summed E-state index contributed by atoms with van der Waals surface area (Å²) in [5.41, 5.74) is 0. The number of carbonyl (C=O) groups is 1. The number of ether oxygens (including phenoxy) is 1. The van der Waals surface area contributed by atoms with Gasteiger partial charge in [-0.15, -0.1) is 11.3 Å². The summed E-state index contributed by atoms with van der Waals surface area (Å²) in [5.74, 6) is 0.321. The zero-order chi connectivity index (χ0) is 14.5. The molecule has 0 bridgehead atoms. The van der Waals surface area contributed by atoms with Gasteiger partial charge < -0.3 is 10.1 Å². The van der Waals surface area contributed by atoms with Crippen LogP contribution in [0.3, 0.4) is 0 Å². The van der Waals surface area contributed by atoms with E-state index < -0.39 is 6.10 Å². The molecule has 0 aliphatic rings. The number of amides is 1. The summed E-state index contributed by atoms with van der Waals surface area (Å²) in [5, 5.41) is 4.29.